The van der Waals surface area contributed by atoms with Crippen molar-refractivity contribution in [1.82, 2.24) is 14.9 Å². The average Bonchev–Trinajstić information content (AvgIpc) is 3.22. The minimum absolute atomic E-state index is 0.135. The molecule has 0 radical (unpaired) electrons. The van der Waals surface area contributed by atoms with E-state index in [1.54, 1.807) is 16.2 Å². The number of nitrogens with zero attached hydrogens (tertiary/aromatic N) is 4. The number of Topliss-reactive ketones (excluding diaryl/α,β-unsaturated/α-hetero) is 1. The third-order valence-electron chi connectivity index (χ3n) is 5.34. The third-order valence-corrected chi connectivity index (χ3v) is 6.37. The lowest BCUT2D eigenvalue weighted by molar-refractivity contribution is 0.0961. The van der Waals surface area contributed by atoms with Gasteiger partial charge in [-0.05, 0) is 31.7 Å². The van der Waals surface area contributed by atoms with Gasteiger partial charge in [-0.3, -0.25) is 4.79 Å². The predicted octanol–water partition coefficient (Wildman–Crippen LogP) is 3.04. The van der Waals surface area contributed by atoms with E-state index < -0.39 is 0 Å². The van der Waals surface area contributed by atoms with E-state index in [9.17, 15) is 9.59 Å². The monoisotopic (exact) mass is 400 g/mol. The van der Waals surface area contributed by atoms with Crippen molar-refractivity contribution in [1.29, 1.82) is 0 Å². The highest BCUT2D eigenvalue weighted by atomic mass is 32.1. The van der Waals surface area contributed by atoms with Crippen LogP contribution in [0.4, 0.5) is 10.7 Å². The van der Waals surface area contributed by atoms with Crippen molar-refractivity contribution in [2.45, 2.75) is 32.6 Å². The SMILES string of the molecule is CCOC(=O)N1CCN(c2nc(C)c3c(n2)C[C@H](c2cccs2)CC3=O)CC1. The maximum atomic E-state index is 12.7. The molecule has 0 spiro atoms. The number of rotatable bonds is 3. The first-order chi connectivity index (χ1) is 13.6. The highest BCUT2D eigenvalue weighted by Crippen LogP contribution is 2.35. The van der Waals surface area contributed by atoms with Crippen molar-refractivity contribution in [3.05, 3.63) is 39.3 Å². The highest BCUT2D eigenvalue weighted by molar-refractivity contribution is 7.10. The molecule has 1 saturated heterocycles. The molecule has 2 aliphatic rings. The van der Waals surface area contributed by atoms with Crippen LogP contribution in [0.3, 0.4) is 0 Å². The lowest BCUT2D eigenvalue weighted by Gasteiger charge is -2.34. The Labute approximate surface area is 168 Å². The van der Waals surface area contributed by atoms with Crippen molar-refractivity contribution >= 4 is 29.2 Å². The van der Waals surface area contributed by atoms with Crippen LogP contribution in [0.5, 0.6) is 0 Å². The first-order valence-corrected chi connectivity index (χ1v) is 10.6. The van der Waals surface area contributed by atoms with Crippen molar-refractivity contribution in [3.63, 3.8) is 0 Å². The number of aromatic nitrogens is 2. The van der Waals surface area contributed by atoms with Crippen LogP contribution in [0.25, 0.3) is 0 Å². The van der Waals surface area contributed by atoms with Gasteiger partial charge in [0.1, 0.15) is 0 Å². The minimum atomic E-state index is -0.269. The number of hydrogen-bond donors (Lipinski definition) is 0. The van der Waals surface area contributed by atoms with Crippen molar-refractivity contribution in [2.24, 2.45) is 0 Å². The van der Waals surface area contributed by atoms with Crippen LogP contribution in [0.1, 0.15) is 45.9 Å². The van der Waals surface area contributed by atoms with E-state index in [0.29, 0.717) is 50.7 Å². The molecule has 3 heterocycles. The quantitative estimate of drug-likeness (QED) is 0.788. The smallest absolute Gasteiger partial charge is 0.409 e. The first-order valence-electron chi connectivity index (χ1n) is 9.67. The molecule has 7 nitrogen and oxygen atoms in total. The minimum Gasteiger partial charge on any atom is -0.450 e. The molecule has 28 heavy (non-hydrogen) atoms. The molecular formula is C20H24N4O3S. The summed E-state index contributed by atoms with van der Waals surface area (Å²) in [6, 6.07) is 4.12. The Bertz CT molecular complexity index is 876. The molecule has 1 aliphatic carbocycles. The second kappa shape index (κ2) is 7.87. The van der Waals surface area contributed by atoms with Crippen LogP contribution in [0.2, 0.25) is 0 Å². The van der Waals surface area contributed by atoms with E-state index in [1.807, 2.05) is 19.9 Å². The molecule has 8 heteroatoms. The number of hydrogen-bond acceptors (Lipinski definition) is 7. The zero-order chi connectivity index (χ0) is 19.7. The molecule has 0 N–H and O–H groups in total. The molecule has 2 aromatic heterocycles. The number of piperazine rings is 1. The van der Waals surface area contributed by atoms with Crippen LogP contribution in [0.15, 0.2) is 17.5 Å². The second-order valence-corrected chi connectivity index (χ2v) is 8.13. The molecule has 1 aliphatic heterocycles. The summed E-state index contributed by atoms with van der Waals surface area (Å²) in [6.07, 6.45) is 1.02. The summed E-state index contributed by atoms with van der Waals surface area (Å²) in [5, 5.41) is 2.05. The largest absolute Gasteiger partial charge is 0.450 e. The van der Waals surface area contributed by atoms with Gasteiger partial charge in [-0.1, -0.05) is 6.07 Å². The van der Waals surface area contributed by atoms with Gasteiger partial charge in [0.15, 0.2) is 5.78 Å². The van der Waals surface area contributed by atoms with Gasteiger partial charge in [-0.2, -0.15) is 0 Å². The summed E-state index contributed by atoms with van der Waals surface area (Å²) in [5.41, 5.74) is 2.30. The zero-order valence-electron chi connectivity index (χ0n) is 16.2. The maximum absolute atomic E-state index is 12.7. The number of carbonyl (C=O) groups excluding carboxylic acids is 2. The molecule has 4 rings (SSSR count). The standard InChI is InChI=1S/C20H24N4O3S/c1-3-27-20(26)24-8-6-23(7-9-24)19-21-13(2)18-15(22-19)11-14(12-16(18)25)17-5-4-10-28-17/h4-5,10,14H,3,6-9,11-12H2,1-2H3/t14-/m0/s1. The number of carbonyl (C=O) groups is 2. The van der Waals surface area contributed by atoms with Gasteiger partial charge in [0, 0.05) is 43.4 Å². The summed E-state index contributed by atoms with van der Waals surface area (Å²) in [7, 11) is 0. The first kappa shape index (κ1) is 18.9. The summed E-state index contributed by atoms with van der Waals surface area (Å²) in [6.45, 7) is 6.54. The fraction of sp³-hybridized carbons (Fsp3) is 0.500. The second-order valence-electron chi connectivity index (χ2n) is 7.15. The molecule has 1 atom stereocenters. The molecule has 1 amide bonds. The Kier molecular flexibility index (Phi) is 5.30. The Morgan fingerprint density at radius 3 is 2.71 bits per heavy atom. The van der Waals surface area contributed by atoms with Gasteiger partial charge in [0.25, 0.3) is 0 Å². The molecule has 2 aromatic rings. The summed E-state index contributed by atoms with van der Waals surface area (Å²) >= 11 is 1.69. The van der Waals surface area contributed by atoms with E-state index in [1.165, 1.54) is 4.88 Å². The molecule has 0 unspecified atom stereocenters. The van der Waals surface area contributed by atoms with E-state index in [0.717, 1.165) is 17.8 Å². The van der Waals surface area contributed by atoms with Crippen molar-refractivity contribution in [3.8, 4) is 0 Å². The van der Waals surface area contributed by atoms with Gasteiger partial charge in [0.05, 0.1) is 23.6 Å². The summed E-state index contributed by atoms with van der Waals surface area (Å²) < 4.78 is 5.08. The van der Waals surface area contributed by atoms with E-state index in [4.69, 9.17) is 9.72 Å². The number of ether oxygens (including phenoxy) is 1. The normalized spacial score (nSPS) is 19.5. The fourth-order valence-electron chi connectivity index (χ4n) is 3.93. The van der Waals surface area contributed by atoms with Gasteiger partial charge < -0.3 is 14.5 Å². The predicted molar refractivity (Wildman–Crippen MR) is 107 cm³/mol. The highest BCUT2D eigenvalue weighted by Gasteiger charge is 2.31. The van der Waals surface area contributed by atoms with Crippen LogP contribution in [-0.4, -0.2) is 59.5 Å². The van der Waals surface area contributed by atoms with E-state index in [2.05, 4.69) is 21.3 Å². The Morgan fingerprint density at radius 2 is 2.04 bits per heavy atom. The van der Waals surface area contributed by atoms with Gasteiger partial charge in [0.2, 0.25) is 5.95 Å². The zero-order valence-corrected chi connectivity index (χ0v) is 17.0. The molecule has 148 valence electrons. The van der Waals surface area contributed by atoms with Crippen molar-refractivity contribution in [2.75, 3.05) is 37.7 Å². The van der Waals surface area contributed by atoms with Crippen molar-refractivity contribution < 1.29 is 14.3 Å². The number of anilines is 1. The molecule has 1 fully saturated rings. The molecule has 0 aromatic carbocycles. The number of thiophene rings is 1. The lowest BCUT2D eigenvalue weighted by Crippen LogP contribution is -2.49. The summed E-state index contributed by atoms with van der Waals surface area (Å²) in [5.74, 6) is 0.984. The van der Waals surface area contributed by atoms with Gasteiger partial charge in [-0.15, -0.1) is 11.3 Å². The van der Waals surface area contributed by atoms with E-state index >= 15 is 0 Å². The number of amides is 1. The molecule has 0 saturated carbocycles. The van der Waals surface area contributed by atoms with Crippen LogP contribution in [0, 0.1) is 6.92 Å². The number of aryl methyl sites for hydroxylation is 1. The van der Waals surface area contributed by atoms with Crippen LogP contribution < -0.4 is 4.90 Å². The third kappa shape index (κ3) is 3.61. The number of fused-ring (bicyclic) bond motifs is 1. The fourth-order valence-corrected chi connectivity index (χ4v) is 4.76. The Balaban J connectivity index is 1.53. The molecular weight excluding hydrogens is 376 g/mol. The van der Waals surface area contributed by atoms with Crippen LogP contribution in [-0.2, 0) is 11.2 Å². The van der Waals surface area contributed by atoms with E-state index in [-0.39, 0.29) is 17.8 Å². The van der Waals surface area contributed by atoms with Crippen LogP contribution >= 0.6 is 11.3 Å². The summed E-state index contributed by atoms with van der Waals surface area (Å²) in [4.78, 5) is 39.0. The average molecular weight is 401 g/mol. The lowest BCUT2D eigenvalue weighted by atomic mass is 9.84. The Morgan fingerprint density at radius 1 is 1.25 bits per heavy atom. The maximum Gasteiger partial charge on any atom is 0.409 e. The van der Waals surface area contributed by atoms with Gasteiger partial charge in [-0.25, -0.2) is 14.8 Å². The topological polar surface area (TPSA) is 75.6 Å². The number of ketones is 1. The van der Waals surface area contributed by atoms with Gasteiger partial charge >= 0.3 is 6.09 Å². The molecule has 0 bridgehead atoms. The Hall–Kier alpha value is -2.48.